The van der Waals surface area contributed by atoms with Crippen LogP contribution < -0.4 is 5.32 Å². The Hall–Kier alpha value is -1.56. The molecule has 1 aromatic rings. The molecule has 0 saturated carbocycles. The van der Waals surface area contributed by atoms with Gasteiger partial charge in [-0.3, -0.25) is 0 Å². The zero-order valence-corrected chi connectivity index (χ0v) is 12.4. The first-order chi connectivity index (χ1) is 9.11. The molecule has 3 nitrogen and oxygen atoms in total. The topological polar surface area (TPSA) is 48.7 Å². The van der Waals surface area contributed by atoms with Crippen LogP contribution in [0.3, 0.4) is 0 Å². The molecule has 0 aliphatic heterocycles. The van der Waals surface area contributed by atoms with Crippen LogP contribution in [0.15, 0.2) is 12.1 Å². The van der Waals surface area contributed by atoms with Crippen LogP contribution in [0, 0.1) is 24.2 Å². The number of pyridine rings is 1. The Kier molecular flexibility index (Phi) is 6.95. The minimum atomic E-state index is 0.673. The molecule has 0 saturated heterocycles. The van der Waals surface area contributed by atoms with E-state index in [0.29, 0.717) is 5.56 Å². The Balaban J connectivity index is 2.19. The highest BCUT2D eigenvalue weighted by molar-refractivity contribution is 5.44. The van der Waals surface area contributed by atoms with Crippen LogP contribution in [0.5, 0.6) is 0 Å². The molecule has 104 valence electrons. The van der Waals surface area contributed by atoms with Crippen LogP contribution in [0.2, 0.25) is 0 Å². The molecule has 1 rings (SSSR count). The number of nitrogens with one attached hydrogen (secondary N) is 1. The number of aromatic nitrogens is 1. The number of hydrogen-bond donors (Lipinski definition) is 1. The van der Waals surface area contributed by atoms with Gasteiger partial charge in [0.05, 0.1) is 11.6 Å². The molecule has 0 amide bonds. The summed E-state index contributed by atoms with van der Waals surface area (Å²) in [7, 11) is 0. The number of hydrogen-bond acceptors (Lipinski definition) is 3. The second-order valence-electron chi connectivity index (χ2n) is 5.52. The van der Waals surface area contributed by atoms with E-state index >= 15 is 0 Å². The van der Waals surface area contributed by atoms with Crippen molar-refractivity contribution in [1.29, 1.82) is 5.26 Å². The van der Waals surface area contributed by atoms with Crippen molar-refractivity contribution in [3.05, 3.63) is 23.4 Å². The number of rotatable bonds is 8. The van der Waals surface area contributed by atoms with Gasteiger partial charge in [0.15, 0.2) is 0 Å². The Bertz CT molecular complexity index is 418. The van der Waals surface area contributed by atoms with Gasteiger partial charge in [-0.05, 0) is 31.4 Å². The standard InChI is InChI=1S/C16H25N3/c1-13(2)8-6-4-5-7-9-18-16-11-15(12-17)10-14(3)19-16/h10-11,13H,4-9H2,1-3H3,(H,18,19). The van der Waals surface area contributed by atoms with Crippen molar-refractivity contribution in [2.45, 2.75) is 52.9 Å². The summed E-state index contributed by atoms with van der Waals surface area (Å²) in [4.78, 5) is 4.38. The lowest BCUT2D eigenvalue weighted by Gasteiger charge is -2.07. The maximum Gasteiger partial charge on any atom is 0.127 e. The molecule has 0 radical (unpaired) electrons. The zero-order valence-electron chi connectivity index (χ0n) is 12.4. The van der Waals surface area contributed by atoms with Gasteiger partial charge in [0.25, 0.3) is 0 Å². The predicted octanol–water partition coefficient (Wildman–Crippen LogP) is 4.28. The van der Waals surface area contributed by atoms with Gasteiger partial charge in [0.1, 0.15) is 5.82 Å². The van der Waals surface area contributed by atoms with Crippen molar-refractivity contribution in [1.82, 2.24) is 4.98 Å². The Labute approximate surface area is 117 Å². The fourth-order valence-electron chi connectivity index (χ4n) is 2.07. The molecule has 0 atom stereocenters. The molecule has 0 unspecified atom stereocenters. The smallest absolute Gasteiger partial charge is 0.127 e. The maximum atomic E-state index is 8.89. The summed E-state index contributed by atoms with van der Waals surface area (Å²) in [6.45, 7) is 7.40. The van der Waals surface area contributed by atoms with Crippen LogP contribution in [0.4, 0.5) is 5.82 Å². The van der Waals surface area contributed by atoms with Gasteiger partial charge in [-0.25, -0.2) is 4.98 Å². The number of nitriles is 1. The average Bonchev–Trinajstić information content (AvgIpc) is 2.36. The molecular formula is C16H25N3. The molecule has 1 N–H and O–H groups in total. The molecule has 0 spiro atoms. The van der Waals surface area contributed by atoms with E-state index < -0.39 is 0 Å². The van der Waals surface area contributed by atoms with Gasteiger partial charge < -0.3 is 5.32 Å². The van der Waals surface area contributed by atoms with Gasteiger partial charge in [0.2, 0.25) is 0 Å². The molecule has 0 aliphatic rings. The third kappa shape index (κ3) is 6.81. The lowest BCUT2D eigenvalue weighted by molar-refractivity contribution is 0.523. The summed E-state index contributed by atoms with van der Waals surface area (Å²) in [5, 5.41) is 12.2. The summed E-state index contributed by atoms with van der Waals surface area (Å²) >= 11 is 0. The highest BCUT2D eigenvalue weighted by atomic mass is 15.0. The monoisotopic (exact) mass is 259 g/mol. The lowest BCUT2D eigenvalue weighted by atomic mass is 10.0. The normalized spacial score (nSPS) is 10.5. The van der Waals surface area contributed by atoms with Crippen molar-refractivity contribution in [3.63, 3.8) is 0 Å². The van der Waals surface area contributed by atoms with Gasteiger partial charge >= 0.3 is 0 Å². The van der Waals surface area contributed by atoms with Crippen LogP contribution >= 0.6 is 0 Å². The summed E-state index contributed by atoms with van der Waals surface area (Å²) in [6.07, 6.45) is 6.40. The fraction of sp³-hybridized carbons (Fsp3) is 0.625. The molecule has 0 aromatic carbocycles. The third-order valence-electron chi connectivity index (χ3n) is 3.10. The van der Waals surface area contributed by atoms with Crippen molar-refractivity contribution < 1.29 is 0 Å². The molecule has 0 bridgehead atoms. The van der Waals surface area contributed by atoms with Crippen molar-refractivity contribution in [2.24, 2.45) is 5.92 Å². The van der Waals surface area contributed by atoms with E-state index in [1.807, 2.05) is 13.0 Å². The first-order valence-electron chi connectivity index (χ1n) is 7.24. The van der Waals surface area contributed by atoms with Gasteiger partial charge in [0, 0.05) is 12.2 Å². The molecule has 0 fully saturated rings. The van der Waals surface area contributed by atoms with E-state index in [4.69, 9.17) is 5.26 Å². The second kappa shape index (κ2) is 8.53. The van der Waals surface area contributed by atoms with E-state index in [1.165, 1.54) is 25.7 Å². The van der Waals surface area contributed by atoms with Crippen molar-refractivity contribution >= 4 is 5.82 Å². The Morgan fingerprint density at radius 1 is 1.21 bits per heavy atom. The quantitative estimate of drug-likeness (QED) is 0.709. The third-order valence-corrected chi connectivity index (χ3v) is 3.10. The number of aryl methyl sites for hydroxylation is 1. The predicted molar refractivity (Wildman–Crippen MR) is 80.1 cm³/mol. The summed E-state index contributed by atoms with van der Waals surface area (Å²) < 4.78 is 0. The van der Waals surface area contributed by atoms with E-state index in [2.05, 4.69) is 30.2 Å². The molecule has 1 heterocycles. The molecule has 0 aliphatic carbocycles. The highest BCUT2D eigenvalue weighted by Crippen LogP contribution is 2.11. The zero-order chi connectivity index (χ0) is 14.1. The number of unbranched alkanes of at least 4 members (excludes halogenated alkanes) is 3. The van der Waals surface area contributed by atoms with Crippen LogP contribution in [-0.4, -0.2) is 11.5 Å². The van der Waals surface area contributed by atoms with Crippen molar-refractivity contribution in [3.8, 4) is 6.07 Å². The molecule has 3 heteroatoms. The lowest BCUT2D eigenvalue weighted by Crippen LogP contribution is -2.04. The maximum absolute atomic E-state index is 8.89. The number of anilines is 1. The SMILES string of the molecule is Cc1cc(C#N)cc(NCCCCCCC(C)C)n1. The van der Waals surface area contributed by atoms with Crippen LogP contribution in [0.1, 0.15) is 57.2 Å². The minimum Gasteiger partial charge on any atom is -0.370 e. The van der Waals surface area contributed by atoms with Gasteiger partial charge in [-0.1, -0.05) is 39.5 Å². The molecular weight excluding hydrogens is 234 g/mol. The molecule has 1 aromatic heterocycles. The number of nitrogens with zero attached hydrogens (tertiary/aromatic N) is 2. The fourth-order valence-corrected chi connectivity index (χ4v) is 2.07. The Morgan fingerprint density at radius 2 is 1.95 bits per heavy atom. The van der Waals surface area contributed by atoms with Gasteiger partial charge in [-0.2, -0.15) is 5.26 Å². The minimum absolute atomic E-state index is 0.673. The van der Waals surface area contributed by atoms with Crippen molar-refractivity contribution in [2.75, 3.05) is 11.9 Å². The van der Waals surface area contributed by atoms with E-state index in [0.717, 1.165) is 30.4 Å². The van der Waals surface area contributed by atoms with E-state index in [-0.39, 0.29) is 0 Å². The van der Waals surface area contributed by atoms with E-state index in [1.54, 1.807) is 6.07 Å². The van der Waals surface area contributed by atoms with E-state index in [9.17, 15) is 0 Å². The molecule has 19 heavy (non-hydrogen) atoms. The summed E-state index contributed by atoms with van der Waals surface area (Å²) in [5.74, 6) is 1.64. The summed E-state index contributed by atoms with van der Waals surface area (Å²) in [5.41, 5.74) is 1.56. The van der Waals surface area contributed by atoms with Crippen LogP contribution in [-0.2, 0) is 0 Å². The first kappa shape index (κ1) is 15.5. The first-order valence-corrected chi connectivity index (χ1v) is 7.24. The van der Waals surface area contributed by atoms with Crippen LogP contribution in [0.25, 0.3) is 0 Å². The second-order valence-corrected chi connectivity index (χ2v) is 5.52. The Morgan fingerprint density at radius 3 is 2.63 bits per heavy atom. The largest absolute Gasteiger partial charge is 0.370 e. The van der Waals surface area contributed by atoms with Gasteiger partial charge in [-0.15, -0.1) is 0 Å². The summed E-state index contributed by atoms with van der Waals surface area (Å²) in [6, 6.07) is 5.77. The average molecular weight is 259 g/mol. The highest BCUT2D eigenvalue weighted by Gasteiger charge is 1.99.